The van der Waals surface area contributed by atoms with Gasteiger partial charge in [0, 0.05) is 30.8 Å². The van der Waals surface area contributed by atoms with Crippen LogP contribution in [0.1, 0.15) is 16.7 Å². The highest BCUT2D eigenvalue weighted by Crippen LogP contribution is 2.22. The van der Waals surface area contributed by atoms with Crippen LogP contribution in [0.15, 0.2) is 78.9 Å². The third kappa shape index (κ3) is 7.34. The molecule has 1 N–H and O–H groups in total. The van der Waals surface area contributed by atoms with Gasteiger partial charge < -0.3 is 10.2 Å². The first-order valence-electron chi connectivity index (χ1n) is 10.6. The lowest BCUT2D eigenvalue weighted by Gasteiger charge is -2.31. The average molecular weight is 485 g/mol. The molecule has 0 aliphatic carbocycles. The first-order valence-corrected chi connectivity index (χ1v) is 12.1. The van der Waals surface area contributed by atoms with E-state index in [-0.39, 0.29) is 29.9 Å². The van der Waals surface area contributed by atoms with Crippen LogP contribution in [0.3, 0.4) is 0 Å². The number of amides is 2. The molecular weight excluding hydrogens is 459 g/mol. The normalized spacial score (nSPS) is 11.6. The minimum absolute atomic E-state index is 0.166. The summed E-state index contributed by atoms with van der Waals surface area (Å²) in [5.41, 5.74) is 2.66. The molecule has 33 heavy (non-hydrogen) atoms. The van der Waals surface area contributed by atoms with Crippen LogP contribution in [-0.2, 0) is 28.3 Å². The first kappa shape index (κ1) is 24.8. The maximum atomic E-state index is 13.4. The van der Waals surface area contributed by atoms with Crippen LogP contribution in [0.5, 0.6) is 0 Å². The molecule has 2 amide bonds. The maximum Gasteiger partial charge on any atom is 0.242 e. The molecule has 4 nitrogen and oxygen atoms in total. The first-order chi connectivity index (χ1) is 16.0. The van der Waals surface area contributed by atoms with Gasteiger partial charge in [-0.3, -0.25) is 9.59 Å². The number of hydrogen-bond donors (Lipinski definition) is 1. The second-order valence-electron chi connectivity index (χ2n) is 7.55. The number of thioether (sulfide) groups is 1. The van der Waals surface area contributed by atoms with Crippen LogP contribution in [-0.4, -0.2) is 35.6 Å². The topological polar surface area (TPSA) is 49.4 Å². The Morgan fingerprint density at radius 3 is 2.30 bits per heavy atom. The van der Waals surface area contributed by atoms with E-state index in [4.69, 9.17) is 11.6 Å². The Morgan fingerprint density at radius 1 is 0.970 bits per heavy atom. The molecule has 0 aromatic heterocycles. The lowest BCUT2D eigenvalue weighted by molar-refractivity contribution is -0.139. The zero-order chi connectivity index (χ0) is 23.6. The largest absolute Gasteiger partial charge is 0.357 e. The average Bonchev–Trinajstić information content (AvgIpc) is 2.83. The molecule has 3 aromatic carbocycles. The lowest BCUT2D eigenvalue weighted by atomic mass is 10.0. The van der Waals surface area contributed by atoms with Gasteiger partial charge in [0.25, 0.3) is 0 Å². The molecule has 0 saturated heterocycles. The summed E-state index contributed by atoms with van der Waals surface area (Å²) in [6.07, 6.45) is 0.378. The molecule has 0 bridgehead atoms. The number of nitrogens with zero attached hydrogens (tertiary/aromatic N) is 1. The predicted octanol–water partition coefficient (Wildman–Crippen LogP) is 5.10. The van der Waals surface area contributed by atoms with Gasteiger partial charge in [-0.15, -0.1) is 11.8 Å². The van der Waals surface area contributed by atoms with Gasteiger partial charge in [0.1, 0.15) is 11.9 Å². The van der Waals surface area contributed by atoms with Crippen molar-refractivity contribution in [2.24, 2.45) is 0 Å². The maximum absolute atomic E-state index is 13.4. The quantitative estimate of drug-likeness (QED) is 0.435. The van der Waals surface area contributed by atoms with E-state index in [2.05, 4.69) is 5.32 Å². The number of carbonyl (C=O) groups is 2. The molecule has 0 unspecified atom stereocenters. The molecule has 0 heterocycles. The highest BCUT2D eigenvalue weighted by Gasteiger charge is 2.29. The fraction of sp³-hybridized carbons (Fsp3) is 0.231. The summed E-state index contributed by atoms with van der Waals surface area (Å²) < 4.78 is 13.4. The molecule has 0 spiro atoms. The van der Waals surface area contributed by atoms with Crippen LogP contribution in [0, 0.1) is 5.82 Å². The van der Waals surface area contributed by atoms with Gasteiger partial charge in [0.2, 0.25) is 11.8 Å². The summed E-state index contributed by atoms with van der Waals surface area (Å²) >= 11 is 7.68. The Kier molecular flexibility index (Phi) is 9.34. The third-order valence-electron chi connectivity index (χ3n) is 5.22. The van der Waals surface area contributed by atoms with E-state index in [0.29, 0.717) is 17.2 Å². The van der Waals surface area contributed by atoms with Crippen molar-refractivity contribution in [1.29, 1.82) is 0 Å². The van der Waals surface area contributed by atoms with E-state index in [1.54, 1.807) is 24.1 Å². The fourth-order valence-electron chi connectivity index (χ4n) is 3.45. The highest BCUT2D eigenvalue weighted by atomic mass is 35.5. The molecular formula is C26H26ClFN2O2S. The van der Waals surface area contributed by atoms with Crippen molar-refractivity contribution in [3.8, 4) is 0 Å². The molecule has 0 saturated carbocycles. The van der Waals surface area contributed by atoms with Crippen molar-refractivity contribution in [1.82, 2.24) is 10.2 Å². The number of carbonyl (C=O) groups excluding carboxylic acids is 2. The Balaban J connectivity index is 1.80. The van der Waals surface area contributed by atoms with Crippen LogP contribution in [0.4, 0.5) is 4.39 Å². The van der Waals surface area contributed by atoms with E-state index in [1.807, 2.05) is 54.6 Å². The molecule has 0 fully saturated rings. The summed E-state index contributed by atoms with van der Waals surface area (Å²) in [7, 11) is 1.56. The number of nitrogens with one attached hydrogen (secondary N) is 1. The van der Waals surface area contributed by atoms with Crippen molar-refractivity contribution in [2.75, 3.05) is 12.8 Å². The van der Waals surface area contributed by atoms with Crippen LogP contribution < -0.4 is 5.32 Å². The predicted molar refractivity (Wildman–Crippen MR) is 133 cm³/mol. The third-order valence-corrected chi connectivity index (χ3v) is 6.56. The lowest BCUT2D eigenvalue weighted by Crippen LogP contribution is -2.50. The number of benzene rings is 3. The summed E-state index contributed by atoms with van der Waals surface area (Å²) in [5.74, 6) is 0.0128. The minimum atomic E-state index is -0.698. The van der Waals surface area contributed by atoms with Gasteiger partial charge in [-0.2, -0.15) is 0 Å². The summed E-state index contributed by atoms with van der Waals surface area (Å²) in [6.45, 7) is 0.205. The summed E-state index contributed by atoms with van der Waals surface area (Å²) in [5, 5.41) is 3.35. The van der Waals surface area contributed by atoms with E-state index in [9.17, 15) is 14.0 Å². The monoisotopic (exact) mass is 484 g/mol. The highest BCUT2D eigenvalue weighted by molar-refractivity contribution is 7.99. The van der Waals surface area contributed by atoms with Crippen molar-refractivity contribution in [2.45, 2.75) is 24.8 Å². The Labute approximate surface area is 203 Å². The van der Waals surface area contributed by atoms with Gasteiger partial charge in [-0.1, -0.05) is 72.3 Å². The molecule has 0 aliphatic heterocycles. The Hall–Kier alpha value is -2.83. The summed E-state index contributed by atoms with van der Waals surface area (Å²) in [4.78, 5) is 27.8. The molecule has 3 rings (SSSR count). The van der Waals surface area contributed by atoms with E-state index in [0.717, 1.165) is 16.7 Å². The molecule has 0 aliphatic rings. The van der Waals surface area contributed by atoms with E-state index in [1.165, 1.54) is 23.9 Å². The zero-order valence-electron chi connectivity index (χ0n) is 18.3. The van der Waals surface area contributed by atoms with Gasteiger partial charge in [-0.25, -0.2) is 4.39 Å². The zero-order valence-corrected chi connectivity index (χ0v) is 19.9. The van der Waals surface area contributed by atoms with Crippen molar-refractivity contribution >= 4 is 35.2 Å². The number of likely N-dealkylation sites (N-methyl/N-ethyl adjacent to an activating group) is 1. The minimum Gasteiger partial charge on any atom is -0.357 e. The molecule has 172 valence electrons. The second kappa shape index (κ2) is 12.4. The Bertz CT molecular complexity index is 1060. The van der Waals surface area contributed by atoms with E-state index < -0.39 is 6.04 Å². The molecule has 7 heteroatoms. The smallest absolute Gasteiger partial charge is 0.242 e. The SMILES string of the molecule is CNC(=O)[C@H](Cc1ccccc1)N(Cc1ccc(F)cc1)C(=O)CSCc1ccccc1Cl. The Morgan fingerprint density at radius 2 is 1.64 bits per heavy atom. The van der Waals surface area contributed by atoms with Crippen LogP contribution >= 0.6 is 23.4 Å². The van der Waals surface area contributed by atoms with Gasteiger partial charge in [-0.05, 0) is 34.9 Å². The number of rotatable bonds is 10. The van der Waals surface area contributed by atoms with Crippen molar-refractivity contribution in [3.05, 3.63) is 106 Å². The van der Waals surface area contributed by atoms with Gasteiger partial charge in [0.05, 0.1) is 5.75 Å². The van der Waals surface area contributed by atoms with Crippen LogP contribution in [0.2, 0.25) is 5.02 Å². The van der Waals surface area contributed by atoms with E-state index >= 15 is 0 Å². The standard InChI is InChI=1S/C26H26ClFN2O2S/c1-29-26(32)24(15-19-7-3-2-4-8-19)30(16-20-11-13-22(28)14-12-20)25(31)18-33-17-21-9-5-6-10-23(21)27/h2-14,24H,15-18H2,1H3,(H,29,32)/t24-/m0/s1. The summed E-state index contributed by atoms with van der Waals surface area (Å²) in [6, 6.07) is 22.4. The van der Waals surface area contributed by atoms with Crippen molar-refractivity contribution in [3.63, 3.8) is 0 Å². The van der Waals surface area contributed by atoms with Gasteiger partial charge in [0.15, 0.2) is 0 Å². The van der Waals surface area contributed by atoms with Crippen LogP contribution in [0.25, 0.3) is 0 Å². The number of hydrogen-bond acceptors (Lipinski definition) is 3. The second-order valence-corrected chi connectivity index (χ2v) is 8.94. The fourth-order valence-corrected chi connectivity index (χ4v) is 4.65. The molecule has 0 radical (unpaired) electrons. The van der Waals surface area contributed by atoms with Gasteiger partial charge >= 0.3 is 0 Å². The van der Waals surface area contributed by atoms with Crippen molar-refractivity contribution < 1.29 is 14.0 Å². The molecule has 1 atom stereocenters. The number of halogens is 2. The molecule has 3 aromatic rings.